The van der Waals surface area contributed by atoms with Gasteiger partial charge in [0, 0.05) is 13.0 Å². The fourth-order valence-electron chi connectivity index (χ4n) is 5.10. The lowest BCUT2D eigenvalue weighted by atomic mass is 9.98. The van der Waals surface area contributed by atoms with Crippen LogP contribution in [-0.2, 0) is 4.79 Å². The number of carbonyl (C=O) groups excluding carboxylic acids is 1. The Balaban J connectivity index is 1.40. The molecule has 3 aliphatic rings. The van der Waals surface area contributed by atoms with E-state index < -0.39 is 0 Å². The van der Waals surface area contributed by atoms with Crippen LogP contribution in [0.15, 0.2) is 24.3 Å². The van der Waals surface area contributed by atoms with Gasteiger partial charge in [0.15, 0.2) is 0 Å². The van der Waals surface area contributed by atoms with Crippen molar-refractivity contribution < 1.29 is 9.53 Å². The molecule has 1 amide bonds. The van der Waals surface area contributed by atoms with Gasteiger partial charge in [0.25, 0.3) is 0 Å². The van der Waals surface area contributed by atoms with Crippen molar-refractivity contribution in [2.24, 2.45) is 11.3 Å². The number of likely N-dealkylation sites (tertiary alicyclic amines) is 1. The van der Waals surface area contributed by atoms with E-state index >= 15 is 0 Å². The summed E-state index contributed by atoms with van der Waals surface area (Å²) in [5.41, 5.74) is 1.62. The first-order valence-electron chi connectivity index (χ1n) is 9.85. The van der Waals surface area contributed by atoms with Crippen molar-refractivity contribution >= 4 is 5.91 Å². The Labute approximate surface area is 150 Å². The van der Waals surface area contributed by atoms with E-state index in [0.717, 1.165) is 31.2 Å². The van der Waals surface area contributed by atoms with Crippen molar-refractivity contribution in [1.82, 2.24) is 10.2 Å². The van der Waals surface area contributed by atoms with Crippen LogP contribution in [0.5, 0.6) is 5.75 Å². The van der Waals surface area contributed by atoms with Crippen LogP contribution < -0.4 is 10.1 Å². The molecule has 1 N–H and O–H groups in total. The van der Waals surface area contributed by atoms with Gasteiger partial charge < -0.3 is 10.1 Å². The van der Waals surface area contributed by atoms with E-state index in [-0.39, 0.29) is 11.9 Å². The molecule has 1 saturated heterocycles. The summed E-state index contributed by atoms with van der Waals surface area (Å²) in [4.78, 5) is 15.1. The molecule has 25 heavy (non-hydrogen) atoms. The average molecular weight is 342 g/mol. The van der Waals surface area contributed by atoms with Crippen LogP contribution in [0.3, 0.4) is 0 Å². The number of nitrogens with zero attached hydrogens (tertiary/aromatic N) is 1. The Kier molecular flexibility index (Phi) is 4.72. The average Bonchev–Trinajstić information content (AvgIpc) is 2.98. The molecule has 0 aromatic heterocycles. The number of fused-ring (bicyclic) bond motifs is 1. The number of hydrogen-bond donors (Lipinski definition) is 1. The summed E-state index contributed by atoms with van der Waals surface area (Å²) in [5, 5.41) is 3.25. The molecule has 3 fully saturated rings. The number of amides is 1. The van der Waals surface area contributed by atoms with Crippen molar-refractivity contribution in [3.05, 3.63) is 29.8 Å². The molecule has 4 heteroatoms. The van der Waals surface area contributed by atoms with Gasteiger partial charge in [-0.2, -0.15) is 0 Å². The summed E-state index contributed by atoms with van der Waals surface area (Å²) in [5.74, 6) is 1.97. The van der Waals surface area contributed by atoms with E-state index in [1.807, 2.05) is 12.1 Å². The first-order valence-corrected chi connectivity index (χ1v) is 9.85. The fraction of sp³-hybridized carbons (Fsp3) is 0.667. The normalized spacial score (nSPS) is 29.2. The van der Waals surface area contributed by atoms with Crippen molar-refractivity contribution in [3.63, 3.8) is 0 Å². The Bertz CT molecular complexity index is 626. The van der Waals surface area contributed by atoms with Crippen LogP contribution in [0.4, 0.5) is 0 Å². The summed E-state index contributed by atoms with van der Waals surface area (Å²) in [7, 11) is 1.71. The van der Waals surface area contributed by atoms with Crippen LogP contribution >= 0.6 is 0 Å². The largest absolute Gasteiger partial charge is 0.497 e. The van der Waals surface area contributed by atoms with Crippen molar-refractivity contribution in [2.45, 2.75) is 51.0 Å². The molecule has 4 rings (SSSR count). The third-order valence-corrected chi connectivity index (χ3v) is 6.65. The molecule has 3 atom stereocenters. The second-order valence-corrected chi connectivity index (χ2v) is 8.17. The molecule has 0 spiro atoms. The quantitative estimate of drug-likeness (QED) is 0.824. The smallest absolute Gasteiger partial charge is 0.220 e. The lowest BCUT2D eigenvalue weighted by molar-refractivity contribution is -0.122. The fourth-order valence-corrected chi connectivity index (χ4v) is 5.10. The van der Waals surface area contributed by atoms with Crippen LogP contribution in [0.2, 0.25) is 0 Å². The molecular weight excluding hydrogens is 312 g/mol. The van der Waals surface area contributed by atoms with Gasteiger partial charge in [0.2, 0.25) is 5.91 Å². The molecule has 2 aliphatic carbocycles. The maximum Gasteiger partial charge on any atom is 0.220 e. The van der Waals surface area contributed by atoms with Crippen LogP contribution in [-0.4, -0.2) is 37.6 Å². The standard InChI is InChI=1S/C21H30N2O2/c1-25-18-8-4-6-16(12-18)19(23-10-2-3-11-23)15-22-20(24)14-21-9-5-7-17(21)13-21/h4,6,8,12,17,19H,2-3,5,7,9-11,13-15H2,1H3,(H,22,24). The van der Waals surface area contributed by atoms with Crippen LogP contribution in [0.1, 0.15) is 56.6 Å². The Morgan fingerprint density at radius 1 is 1.36 bits per heavy atom. The molecule has 1 aromatic carbocycles. The zero-order valence-corrected chi connectivity index (χ0v) is 15.3. The molecule has 1 heterocycles. The highest BCUT2D eigenvalue weighted by atomic mass is 16.5. The predicted octanol–water partition coefficient (Wildman–Crippen LogP) is 3.53. The van der Waals surface area contributed by atoms with Gasteiger partial charge in [-0.1, -0.05) is 18.6 Å². The van der Waals surface area contributed by atoms with E-state index in [1.54, 1.807) is 7.11 Å². The van der Waals surface area contributed by atoms with Crippen LogP contribution in [0, 0.1) is 11.3 Å². The Morgan fingerprint density at radius 3 is 2.88 bits per heavy atom. The topological polar surface area (TPSA) is 41.6 Å². The highest BCUT2D eigenvalue weighted by Crippen LogP contribution is 2.65. The van der Waals surface area contributed by atoms with Crippen molar-refractivity contribution in [1.29, 1.82) is 0 Å². The van der Waals surface area contributed by atoms with E-state index in [1.165, 1.54) is 44.1 Å². The highest BCUT2D eigenvalue weighted by molar-refractivity contribution is 5.77. The maximum absolute atomic E-state index is 12.6. The number of rotatable bonds is 7. The number of carbonyl (C=O) groups is 1. The number of methoxy groups -OCH3 is 1. The minimum Gasteiger partial charge on any atom is -0.497 e. The minimum absolute atomic E-state index is 0.247. The molecule has 1 aromatic rings. The third kappa shape index (κ3) is 3.55. The van der Waals surface area contributed by atoms with Crippen molar-refractivity contribution in [2.75, 3.05) is 26.7 Å². The third-order valence-electron chi connectivity index (χ3n) is 6.65. The first kappa shape index (κ1) is 16.9. The number of ether oxygens (including phenoxy) is 1. The van der Waals surface area contributed by atoms with Gasteiger partial charge in [-0.3, -0.25) is 9.69 Å². The zero-order valence-electron chi connectivity index (χ0n) is 15.3. The number of nitrogens with one attached hydrogen (secondary N) is 1. The second kappa shape index (κ2) is 6.99. The van der Waals surface area contributed by atoms with E-state index in [4.69, 9.17) is 4.74 Å². The first-order chi connectivity index (χ1) is 12.2. The van der Waals surface area contributed by atoms with E-state index in [9.17, 15) is 4.79 Å². The SMILES string of the molecule is COc1cccc(C(CNC(=O)CC23CCCC2C3)N2CCCC2)c1. The summed E-state index contributed by atoms with van der Waals surface area (Å²) in [6.45, 7) is 2.93. The summed E-state index contributed by atoms with van der Waals surface area (Å²) >= 11 is 0. The summed E-state index contributed by atoms with van der Waals surface area (Å²) < 4.78 is 5.39. The molecule has 0 radical (unpaired) electrons. The van der Waals surface area contributed by atoms with Gasteiger partial charge in [0.05, 0.1) is 13.2 Å². The summed E-state index contributed by atoms with van der Waals surface area (Å²) in [6, 6.07) is 8.55. The Morgan fingerprint density at radius 2 is 2.20 bits per heavy atom. The van der Waals surface area contributed by atoms with Gasteiger partial charge >= 0.3 is 0 Å². The van der Waals surface area contributed by atoms with E-state index in [0.29, 0.717) is 12.0 Å². The highest BCUT2D eigenvalue weighted by Gasteiger charge is 2.57. The second-order valence-electron chi connectivity index (χ2n) is 8.17. The summed E-state index contributed by atoms with van der Waals surface area (Å²) in [6.07, 6.45) is 8.44. The number of benzene rings is 1. The number of hydrogen-bond acceptors (Lipinski definition) is 3. The zero-order chi connectivity index (χ0) is 17.3. The van der Waals surface area contributed by atoms with E-state index in [2.05, 4.69) is 22.3 Å². The lowest BCUT2D eigenvalue weighted by Gasteiger charge is -2.28. The molecule has 1 aliphatic heterocycles. The monoisotopic (exact) mass is 342 g/mol. The molecule has 136 valence electrons. The maximum atomic E-state index is 12.6. The van der Waals surface area contributed by atoms with Crippen molar-refractivity contribution in [3.8, 4) is 5.75 Å². The molecule has 2 saturated carbocycles. The molecule has 0 bridgehead atoms. The molecule has 3 unspecified atom stereocenters. The van der Waals surface area contributed by atoms with Gasteiger partial charge in [-0.15, -0.1) is 0 Å². The minimum atomic E-state index is 0.247. The van der Waals surface area contributed by atoms with Crippen LogP contribution in [0.25, 0.3) is 0 Å². The van der Waals surface area contributed by atoms with Gasteiger partial charge in [-0.05, 0) is 74.2 Å². The van der Waals surface area contributed by atoms with Gasteiger partial charge in [-0.25, -0.2) is 0 Å². The molecule has 4 nitrogen and oxygen atoms in total. The lowest BCUT2D eigenvalue weighted by Crippen LogP contribution is -2.37. The molecular formula is C21H30N2O2. The predicted molar refractivity (Wildman–Crippen MR) is 98.6 cm³/mol. The van der Waals surface area contributed by atoms with Gasteiger partial charge in [0.1, 0.15) is 5.75 Å². The Hall–Kier alpha value is -1.55.